The van der Waals surface area contributed by atoms with Gasteiger partial charge in [-0.3, -0.25) is 9.67 Å². The summed E-state index contributed by atoms with van der Waals surface area (Å²) in [4.78, 5) is 4.23. The van der Waals surface area contributed by atoms with Crippen LogP contribution in [0.25, 0.3) is 11.0 Å². The first-order valence-corrected chi connectivity index (χ1v) is 4.51. The van der Waals surface area contributed by atoms with Crippen LogP contribution in [0.3, 0.4) is 0 Å². The average molecular weight is 191 g/mol. The summed E-state index contributed by atoms with van der Waals surface area (Å²) in [6, 6.07) is 3.79. The van der Waals surface area contributed by atoms with Crippen molar-refractivity contribution in [3.63, 3.8) is 0 Å². The molecule has 0 aliphatic heterocycles. The molecule has 2 rings (SSSR count). The van der Waals surface area contributed by atoms with E-state index < -0.39 is 5.60 Å². The smallest absolute Gasteiger partial charge is 0.120 e. The van der Waals surface area contributed by atoms with Gasteiger partial charge in [0.25, 0.3) is 0 Å². The third-order valence-electron chi connectivity index (χ3n) is 2.19. The SMILES string of the molecule is Cn1nc(C(C)(C)O)c2ncccc21. The molecule has 1 N–H and O–H groups in total. The molecule has 0 atom stereocenters. The van der Waals surface area contributed by atoms with Crippen molar-refractivity contribution in [3.8, 4) is 0 Å². The van der Waals surface area contributed by atoms with Crippen molar-refractivity contribution in [1.29, 1.82) is 0 Å². The first-order chi connectivity index (χ1) is 6.50. The lowest BCUT2D eigenvalue weighted by Gasteiger charge is -2.13. The van der Waals surface area contributed by atoms with Gasteiger partial charge in [-0.25, -0.2) is 0 Å². The van der Waals surface area contributed by atoms with Gasteiger partial charge >= 0.3 is 0 Å². The topological polar surface area (TPSA) is 50.9 Å². The molecule has 14 heavy (non-hydrogen) atoms. The zero-order valence-corrected chi connectivity index (χ0v) is 8.52. The lowest BCUT2D eigenvalue weighted by atomic mass is 10.0. The third-order valence-corrected chi connectivity index (χ3v) is 2.19. The van der Waals surface area contributed by atoms with Gasteiger partial charge in [-0.15, -0.1) is 0 Å². The minimum atomic E-state index is -0.951. The van der Waals surface area contributed by atoms with Gasteiger partial charge in [0.05, 0.1) is 5.52 Å². The number of fused-ring (bicyclic) bond motifs is 1. The Morgan fingerprint density at radius 2 is 2.14 bits per heavy atom. The Balaban J connectivity index is 2.80. The number of hydrogen-bond donors (Lipinski definition) is 1. The van der Waals surface area contributed by atoms with Crippen LogP contribution >= 0.6 is 0 Å². The van der Waals surface area contributed by atoms with Gasteiger partial charge in [0.15, 0.2) is 0 Å². The fourth-order valence-electron chi connectivity index (χ4n) is 1.50. The van der Waals surface area contributed by atoms with Crippen LogP contribution in [-0.4, -0.2) is 19.9 Å². The standard InChI is InChI=1S/C10H13N3O/c1-10(2,14)9-8-7(13(3)12-9)5-4-6-11-8/h4-6,14H,1-3H3. The van der Waals surface area contributed by atoms with Crippen LogP contribution in [0.4, 0.5) is 0 Å². The maximum atomic E-state index is 9.88. The Kier molecular flexibility index (Phi) is 1.82. The van der Waals surface area contributed by atoms with E-state index in [0.29, 0.717) is 5.69 Å². The van der Waals surface area contributed by atoms with Crippen molar-refractivity contribution in [3.05, 3.63) is 24.0 Å². The van der Waals surface area contributed by atoms with E-state index in [-0.39, 0.29) is 0 Å². The van der Waals surface area contributed by atoms with Gasteiger partial charge < -0.3 is 5.11 Å². The van der Waals surface area contributed by atoms with E-state index in [0.717, 1.165) is 11.0 Å². The van der Waals surface area contributed by atoms with E-state index in [2.05, 4.69) is 10.1 Å². The van der Waals surface area contributed by atoms with Crippen LogP contribution in [0.1, 0.15) is 19.5 Å². The minimum Gasteiger partial charge on any atom is -0.384 e. The van der Waals surface area contributed by atoms with E-state index in [1.165, 1.54) is 0 Å². The highest BCUT2D eigenvalue weighted by molar-refractivity contribution is 5.77. The van der Waals surface area contributed by atoms with Gasteiger partial charge in [0.2, 0.25) is 0 Å². The van der Waals surface area contributed by atoms with Crippen molar-refractivity contribution < 1.29 is 5.11 Å². The highest BCUT2D eigenvalue weighted by Crippen LogP contribution is 2.24. The molecule has 0 bridgehead atoms. The zero-order valence-electron chi connectivity index (χ0n) is 8.52. The van der Waals surface area contributed by atoms with Crippen molar-refractivity contribution in [1.82, 2.24) is 14.8 Å². The van der Waals surface area contributed by atoms with Crippen LogP contribution in [0.5, 0.6) is 0 Å². The summed E-state index contributed by atoms with van der Waals surface area (Å²) in [5.74, 6) is 0. The summed E-state index contributed by atoms with van der Waals surface area (Å²) in [5.41, 5.74) is 1.37. The first kappa shape index (κ1) is 9.15. The molecule has 0 amide bonds. The Hall–Kier alpha value is -1.42. The second-order valence-electron chi connectivity index (χ2n) is 3.90. The Morgan fingerprint density at radius 1 is 1.43 bits per heavy atom. The maximum Gasteiger partial charge on any atom is 0.120 e. The minimum absolute atomic E-state index is 0.621. The quantitative estimate of drug-likeness (QED) is 0.736. The molecule has 2 heterocycles. The molecule has 0 fully saturated rings. The monoisotopic (exact) mass is 191 g/mol. The van der Waals surface area contributed by atoms with Gasteiger partial charge in [-0.2, -0.15) is 5.10 Å². The third kappa shape index (κ3) is 1.28. The molecular weight excluding hydrogens is 178 g/mol. The molecule has 0 aliphatic carbocycles. The van der Waals surface area contributed by atoms with Gasteiger partial charge in [-0.05, 0) is 26.0 Å². The molecule has 74 valence electrons. The number of nitrogens with zero attached hydrogens (tertiary/aromatic N) is 3. The van der Waals surface area contributed by atoms with E-state index in [9.17, 15) is 5.11 Å². The Bertz CT molecular complexity index is 468. The molecule has 0 saturated carbocycles. The molecule has 0 aliphatic rings. The number of aliphatic hydroxyl groups is 1. The van der Waals surface area contributed by atoms with Crippen LogP contribution in [0.15, 0.2) is 18.3 Å². The van der Waals surface area contributed by atoms with E-state index in [1.54, 1.807) is 24.7 Å². The van der Waals surface area contributed by atoms with E-state index in [1.807, 2.05) is 19.2 Å². The maximum absolute atomic E-state index is 9.88. The molecule has 0 aromatic carbocycles. The summed E-state index contributed by atoms with van der Waals surface area (Å²) in [7, 11) is 1.85. The molecule has 4 heteroatoms. The van der Waals surface area contributed by atoms with E-state index in [4.69, 9.17) is 0 Å². The lowest BCUT2D eigenvalue weighted by Crippen LogP contribution is -2.17. The van der Waals surface area contributed by atoms with Crippen molar-refractivity contribution in [2.24, 2.45) is 7.05 Å². The highest BCUT2D eigenvalue weighted by atomic mass is 16.3. The molecular formula is C10H13N3O. The first-order valence-electron chi connectivity index (χ1n) is 4.51. The zero-order chi connectivity index (χ0) is 10.3. The van der Waals surface area contributed by atoms with Crippen molar-refractivity contribution >= 4 is 11.0 Å². The number of hydrogen-bond acceptors (Lipinski definition) is 3. The fourth-order valence-corrected chi connectivity index (χ4v) is 1.50. The molecule has 0 saturated heterocycles. The molecule has 2 aromatic heterocycles. The summed E-state index contributed by atoms with van der Waals surface area (Å²) in [6.45, 7) is 3.42. The van der Waals surface area contributed by atoms with Crippen molar-refractivity contribution in [2.75, 3.05) is 0 Å². The average Bonchev–Trinajstić information content (AvgIpc) is 2.44. The van der Waals surface area contributed by atoms with E-state index >= 15 is 0 Å². The second-order valence-corrected chi connectivity index (χ2v) is 3.90. The second kappa shape index (κ2) is 2.78. The van der Waals surface area contributed by atoms with Crippen LogP contribution in [-0.2, 0) is 12.6 Å². The summed E-state index contributed by atoms with van der Waals surface area (Å²) in [6.07, 6.45) is 1.71. The normalized spacial score (nSPS) is 12.3. The van der Waals surface area contributed by atoms with Crippen LogP contribution < -0.4 is 0 Å². The Morgan fingerprint density at radius 3 is 2.79 bits per heavy atom. The van der Waals surface area contributed by atoms with Crippen LogP contribution in [0, 0.1) is 0 Å². The fraction of sp³-hybridized carbons (Fsp3) is 0.400. The van der Waals surface area contributed by atoms with Crippen LogP contribution in [0.2, 0.25) is 0 Å². The Labute approximate surface area is 82.2 Å². The van der Waals surface area contributed by atoms with Gasteiger partial charge in [-0.1, -0.05) is 0 Å². The molecule has 4 nitrogen and oxygen atoms in total. The number of rotatable bonds is 1. The summed E-state index contributed by atoms with van der Waals surface area (Å²) in [5, 5.41) is 14.1. The number of aromatic nitrogens is 3. The predicted octanol–water partition coefficient (Wildman–Crippen LogP) is 1.20. The molecule has 2 aromatic rings. The van der Waals surface area contributed by atoms with Gasteiger partial charge in [0, 0.05) is 13.2 Å². The summed E-state index contributed by atoms with van der Waals surface area (Å²) >= 11 is 0. The molecule has 0 spiro atoms. The number of pyridine rings is 1. The lowest BCUT2D eigenvalue weighted by molar-refractivity contribution is 0.0745. The summed E-state index contributed by atoms with van der Waals surface area (Å²) < 4.78 is 1.73. The number of aryl methyl sites for hydroxylation is 1. The largest absolute Gasteiger partial charge is 0.384 e. The molecule has 0 radical (unpaired) electrons. The molecule has 0 unspecified atom stereocenters. The van der Waals surface area contributed by atoms with Crippen molar-refractivity contribution in [2.45, 2.75) is 19.4 Å². The predicted molar refractivity (Wildman–Crippen MR) is 53.8 cm³/mol. The highest BCUT2D eigenvalue weighted by Gasteiger charge is 2.24. The van der Waals surface area contributed by atoms with Gasteiger partial charge in [0.1, 0.15) is 16.8 Å².